The maximum atomic E-state index is 11.8. The van der Waals surface area contributed by atoms with Gasteiger partial charge in [0.1, 0.15) is 5.41 Å². The number of hydrogen-bond acceptors (Lipinski definition) is 2. The summed E-state index contributed by atoms with van der Waals surface area (Å²) in [6.07, 6.45) is 2.57. The van der Waals surface area contributed by atoms with Crippen LogP contribution in [0.2, 0.25) is 0 Å². The number of amides is 1. The van der Waals surface area contributed by atoms with E-state index in [1.807, 2.05) is 13.0 Å². The van der Waals surface area contributed by atoms with Crippen LogP contribution < -0.4 is 0 Å². The highest BCUT2D eigenvalue weighted by atomic mass is 16.2. The van der Waals surface area contributed by atoms with Crippen LogP contribution in [0.4, 0.5) is 0 Å². The second kappa shape index (κ2) is 5.43. The van der Waals surface area contributed by atoms with Crippen molar-refractivity contribution in [3.63, 3.8) is 0 Å². The summed E-state index contributed by atoms with van der Waals surface area (Å²) in [5.74, 6) is -0.123. The largest absolute Gasteiger partial charge is 0.338 e. The molecule has 0 radical (unpaired) electrons. The molecule has 0 bridgehead atoms. The van der Waals surface area contributed by atoms with E-state index in [0.29, 0.717) is 13.1 Å². The predicted molar refractivity (Wildman–Crippen MR) is 56.5 cm³/mol. The third kappa shape index (κ3) is 3.21. The molecule has 0 saturated carbocycles. The van der Waals surface area contributed by atoms with Gasteiger partial charge in [-0.1, -0.05) is 13.0 Å². The predicted octanol–water partition coefficient (Wildman–Crippen LogP) is 1.96. The number of hydrogen-bond donors (Lipinski definition) is 0. The summed E-state index contributed by atoms with van der Waals surface area (Å²) in [6.45, 7) is 10.1. The molecule has 0 saturated heterocycles. The van der Waals surface area contributed by atoms with E-state index in [1.54, 1.807) is 24.8 Å². The van der Waals surface area contributed by atoms with Gasteiger partial charge in [-0.15, -0.1) is 6.58 Å². The van der Waals surface area contributed by atoms with E-state index in [2.05, 4.69) is 6.58 Å². The van der Waals surface area contributed by atoms with Crippen LogP contribution in [-0.4, -0.2) is 23.9 Å². The average molecular weight is 194 g/mol. The van der Waals surface area contributed by atoms with Gasteiger partial charge in [-0.25, -0.2) is 0 Å². The fourth-order valence-electron chi connectivity index (χ4n) is 1.14. The molecule has 0 fully saturated rings. The Labute approximate surface area is 86.0 Å². The van der Waals surface area contributed by atoms with Crippen molar-refractivity contribution >= 4 is 5.91 Å². The second-order valence-corrected chi connectivity index (χ2v) is 3.78. The third-order valence-electron chi connectivity index (χ3n) is 1.94. The minimum absolute atomic E-state index is 0.123. The maximum absolute atomic E-state index is 11.8. The first-order valence-corrected chi connectivity index (χ1v) is 4.81. The van der Waals surface area contributed by atoms with Crippen molar-refractivity contribution in [3.05, 3.63) is 12.7 Å². The number of nitriles is 1. The van der Waals surface area contributed by atoms with Crippen LogP contribution in [0.15, 0.2) is 12.7 Å². The lowest BCUT2D eigenvalue weighted by Gasteiger charge is -2.26. The molecule has 0 aromatic carbocycles. The lowest BCUT2D eigenvalue weighted by molar-refractivity contribution is -0.137. The zero-order valence-electron chi connectivity index (χ0n) is 9.21. The smallest absolute Gasteiger partial charge is 0.242 e. The number of nitrogens with zero attached hydrogens (tertiary/aromatic N) is 2. The van der Waals surface area contributed by atoms with Crippen LogP contribution in [0.5, 0.6) is 0 Å². The lowest BCUT2D eigenvalue weighted by atomic mass is 9.93. The van der Waals surface area contributed by atoms with E-state index in [0.717, 1.165) is 6.42 Å². The monoisotopic (exact) mass is 194 g/mol. The molecule has 0 aromatic heterocycles. The highest BCUT2D eigenvalue weighted by molar-refractivity contribution is 5.84. The minimum Gasteiger partial charge on any atom is -0.338 e. The molecule has 14 heavy (non-hydrogen) atoms. The van der Waals surface area contributed by atoms with Crippen molar-refractivity contribution in [2.75, 3.05) is 13.1 Å². The van der Waals surface area contributed by atoms with Gasteiger partial charge in [-0.05, 0) is 20.3 Å². The summed E-state index contributed by atoms with van der Waals surface area (Å²) in [6, 6.07) is 2.01. The lowest BCUT2D eigenvalue weighted by Crippen LogP contribution is -2.40. The van der Waals surface area contributed by atoms with Crippen LogP contribution in [-0.2, 0) is 4.79 Å². The van der Waals surface area contributed by atoms with Crippen LogP contribution in [0.25, 0.3) is 0 Å². The minimum atomic E-state index is -0.932. The zero-order valence-corrected chi connectivity index (χ0v) is 9.21. The molecule has 0 rings (SSSR count). The van der Waals surface area contributed by atoms with E-state index in [-0.39, 0.29) is 5.91 Å². The second-order valence-electron chi connectivity index (χ2n) is 3.78. The molecule has 3 heteroatoms. The summed E-state index contributed by atoms with van der Waals surface area (Å²) < 4.78 is 0. The Morgan fingerprint density at radius 2 is 2.21 bits per heavy atom. The van der Waals surface area contributed by atoms with Gasteiger partial charge in [0.05, 0.1) is 6.07 Å². The van der Waals surface area contributed by atoms with Gasteiger partial charge in [0.15, 0.2) is 0 Å². The molecule has 78 valence electrons. The first kappa shape index (κ1) is 12.7. The Kier molecular flexibility index (Phi) is 4.93. The first-order chi connectivity index (χ1) is 6.49. The normalized spacial score (nSPS) is 10.4. The summed E-state index contributed by atoms with van der Waals surface area (Å²) >= 11 is 0. The molecular weight excluding hydrogens is 176 g/mol. The molecule has 0 aromatic rings. The van der Waals surface area contributed by atoms with Crippen LogP contribution in [0, 0.1) is 16.7 Å². The zero-order chi connectivity index (χ0) is 11.2. The van der Waals surface area contributed by atoms with Crippen LogP contribution in [0.3, 0.4) is 0 Å². The Morgan fingerprint density at radius 1 is 1.64 bits per heavy atom. The number of carbonyl (C=O) groups is 1. The fraction of sp³-hybridized carbons (Fsp3) is 0.636. The molecule has 0 aliphatic carbocycles. The Hall–Kier alpha value is -1.30. The summed E-state index contributed by atoms with van der Waals surface area (Å²) in [7, 11) is 0. The molecule has 0 aliphatic heterocycles. The highest BCUT2D eigenvalue weighted by Crippen LogP contribution is 2.17. The molecule has 3 nitrogen and oxygen atoms in total. The van der Waals surface area contributed by atoms with Crippen molar-refractivity contribution in [3.8, 4) is 6.07 Å². The number of carbonyl (C=O) groups excluding carboxylic acids is 1. The Balaban J connectivity index is 4.59. The molecule has 0 N–H and O–H groups in total. The van der Waals surface area contributed by atoms with Crippen molar-refractivity contribution in [2.24, 2.45) is 5.41 Å². The number of rotatable bonds is 5. The third-order valence-corrected chi connectivity index (χ3v) is 1.94. The van der Waals surface area contributed by atoms with Crippen molar-refractivity contribution < 1.29 is 4.79 Å². The van der Waals surface area contributed by atoms with Gasteiger partial charge in [0, 0.05) is 13.1 Å². The SMILES string of the molecule is C=CCN(CCC)C(=O)C(C)(C)C#N. The summed E-state index contributed by atoms with van der Waals surface area (Å²) in [5.41, 5.74) is -0.932. The first-order valence-electron chi connectivity index (χ1n) is 4.81. The molecule has 0 heterocycles. The molecule has 0 atom stereocenters. The van der Waals surface area contributed by atoms with Crippen LogP contribution >= 0.6 is 0 Å². The van der Waals surface area contributed by atoms with Crippen molar-refractivity contribution in [1.82, 2.24) is 4.90 Å². The van der Waals surface area contributed by atoms with E-state index in [1.165, 1.54) is 0 Å². The highest BCUT2D eigenvalue weighted by Gasteiger charge is 2.30. The Morgan fingerprint density at radius 3 is 2.57 bits per heavy atom. The standard InChI is InChI=1S/C11H18N2O/c1-5-7-13(8-6-2)10(14)11(3,4)9-12/h5H,1,6-8H2,2-4H3. The van der Waals surface area contributed by atoms with Gasteiger partial charge in [-0.3, -0.25) is 4.79 Å². The maximum Gasteiger partial charge on any atom is 0.242 e. The average Bonchev–Trinajstić information content (AvgIpc) is 2.16. The van der Waals surface area contributed by atoms with Gasteiger partial charge in [0.2, 0.25) is 5.91 Å². The van der Waals surface area contributed by atoms with E-state index >= 15 is 0 Å². The van der Waals surface area contributed by atoms with Gasteiger partial charge in [0.25, 0.3) is 0 Å². The fourth-order valence-corrected chi connectivity index (χ4v) is 1.14. The van der Waals surface area contributed by atoms with E-state index < -0.39 is 5.41 Å². The molecular formula is C11H18N2O. The molecule has 1 amide bonds. The topological polar surface area (TPSA) is 44.1 Å². The van der Waals surface area contributed by atoms with Crippen molar-refractivity contribution in [2.45, 2.75) is 27.2 Å². The van der Waals surface area contributed by atoms with Gasteiger partial charge >= 0.3 is 0 Å². The van der Waals surface area contributed by atoms with Crippen molar-refractivity contribution in [1.29, 1.82) is 5.26 Å². The van der Waals surface area contributed by atoms with Crippen LogP contribution in [0.1, 0.15) is 27.2 Å². The van der Waals surface area contributed by atoms with Gasteiger partial charge in [-0.2, -0.15) is 5.26 Å². The molecule has 0 aliphatic rings. The summed E-state index contributed by atoms with van der Waals surface area (Å²) in [4.78, 5) is 13.5. The molecule has 0 spiro atoms. The molecule has 0 unspecified atom stereocenters. The van der Waals surface area contributed by atoms with E-state index in [9.17, 15) is 4.79 Å². The quantitative estimate of drug-likeness (QED) is 0.628. The summed E-state index contributed by atoms with van der Waals surface area (Å²) in [5, 5.41) is 8.83. The van der Waals surface area contributed by atoms with Gasteiger partial charge < -0.3 is 4.90 Å². The Bertz CT molecular complexity index is 251. The van der Waals surface area contributed by atoms with E-state index in [4.69, 9.17) is 5.26 Å².